The van der Waals surface area contributed by atoms with Crippen LogP contribution in [0.25, 0.3) is 16.8 Å². The molecule has 3 aliphatic rings. The molecule has 2 aromatic rings. The molecule has 2 aliphatic heterocycles. The molecule has 7 atom stereocenters. The zero-order valence-corrected chi connectivity index (χ0v) is 23.0. The first kappa shape index (κ1) is 31.1. The molecule has 0 bridgehead atoms. The molecule has 0 radical (unpaired) electrons. The number of ether oxygens (including phenoxy) is 4. The largest absolute Gasteiger partial charge is 0.510 e. The number of carboxylic acids is 1. The molecule has 0 spiro atoms. The van der Waals surface area contributed by atoms with Gasteiger partial charge < -0.3 is 54.7 Å². The number of carbonyl (C=O) groups excluding carboxylic acids is 1. The number of aliphatic carboxylic acids is 1. The second kappa shape index (κ2) is 12.7. The van der Waals surface area contributed by atoms with E-state index < -0.39 is 72.6 Å². The number of aliphatic hydroxyl groups is 5. The van der Waals surface area contributed by atoms with Crippen LogP contribution in [0.15, 0.2) is 58.6 Å². The van der Waals surface area contributed by atoms with E-state index in [0.717, 1.165) is 12.2 Å². The standard InChI is InChI=1S/C30H30O14/c31-17-9-16-10-23(34)43-18(16)11-19(17)41-6-5-13-7-15-2-1-14(3-4-22(32)33)25(35)24(15)26(36)20(8-13)42-12-21-27(37)28(38)29(39)30(40)44-21/h1-4,7-10,18-19,21,27-31,35,37-40H,5-6,11-12H2,(H,32,33)/b4-3+. The summed E-state index contributed by atoms with van der Waals surface area (Å²) in [6, 6.07) is 5.89. The molecule has 2 heterocycles. The number of hydrogen-bond donors (Lipinski definition) is 7. The van der Waals surface area contributed by atoms with Gasteiger partial charge in [0.15, 0.2) is 12.0 Å². The quantitative estimate of drug-likeness (QED) is 0.143. The van der Waals surface area contributed by atoms with Crippen LogP contribution in [0.3, 0.4) is 0 Å². The number of carboxylic acid groups (broad SMARTS) is 1. The number of aromatic hydroxyl groups is 1. The fourth-order valence-electron chi connectivity index (χ4n) is 5.21. The molecule has 2 aromatic carbocycles. The van der Waals surface area contributed by atoms with Gasteiger partial charge in [0.05, 0.1) is 12.0 Å². The molecule has 44 heavy (non-hydrogen) atoms. The van der Waals surface area contributed by atoms with Crippen molar-refractivity contribution in [3.63, 3.8) is 0 Å². The van der Waals surface area contributed by atoms with Gasteiger partial charge in [0.1, 0.15) is 54.7 Å². The second-order valence-electron chi connectivity index (χ2n) is 10.5. The molecule has 1 saturated heterocycles. The number of carbonyl (C=O) groups is 2. The minimum Gasteiger partial charge on any atom is -0.510 e. The molecule has 1 aliphatic carbocycles. The van der Waals surface area contributed by atoms with Crippen LogP contribution < -0.4 is 10.2 Å². The normalized spacial score (nSPS) is 28.4. The minimum atomic E-state index is -1.83. The highest BCUT2D eigenvalue weighted by Crippen LogP contribution is 2.32. The van der Waals surface area contributed by atoms with Crippen molar-refractivity contribution in [2.45, 2.75) is 55.8 Å². The molecule has 1 fully saturated rings. The Kier molecular flexibility index (Phi) is 9.01. The third-order valence-corrected chi connectivity index (χ3v) is 7.54. The highest BCUT2D eigenvalue weighted by molar-refractivity contribution is 5.94. The van der Waals surface area contributed by atoms with Gasteiger partial charge in [-0.05, 0) is 35.6 Å². The van der Waals surface area contributed by atoms with Gasteiger partial charge in [-0.2, -0.15) is 0 Å². The lowest BCUT2D eigenvalue weighted by Crippen LogP contribution is -2.58. The number of fused-ring (bicyclic) bond motifs is 2. The van der Waals surface area contributed by atoms with Crippen molar-refractivity contribution in [2.75, 3.05) is 13.2 Å². The van der Waals surface area contributed by atoms with Crippen LogP contribution in [0.4, 0.5) is 0 Å². The van der Waals surface area contributed by atoms with Crippen molar-refractivity contribution in [3.8, 4) is 11.5 Å². The van der Waals surface area contributed by atoms with E-state index in [-0.39, 0.29) is 47.3 Å². The summed E-state index contributed by atoms with van der Waals surface area (Å²) in [7, 11) is 0. The first-order valence-electron chi connectivity index (χ1n) is 13.6. The monoisotopic (exact) mass is 614 g/mol. The van der Waals surface area contributed by atoms with E-state index in [1.807, 2.05) is 0 Å². The number of phenolic OH excluding ortho intramolecular Hbond substituents is 1. The Labute approximate surface area is 248 Å². The van der Waals surface area contributed by atoms with Gasteiger partial charge in [-0.25, -0.2) is 9.59 Å². The summed E-state index contributed by atoms with van der Waals surface area (Å²) in [6.45, 7) is -0.512. The number of aliphatic hydroxyl groups excluding tert-OH is 5. The third-order valence-electron chi connectivity index (χ3n) is 7.54. The smallest absolute Gasteiger partial charge is 0.331 e. The van der Waals surface area contributed by atoms with Crippen molar-refractivity contribution < 1.29 is 64.3 Å². The summed E-state index contributed by atoms with van der Waals surface area (Å²) >= 11 is 0. The average molecular weight is 615 g/mol. The summed E-state index contributed by atoms with van der Waals surface area (Å²) < 4.78 is 21.9. The van der Waals surface area contributed by atoms with E-state index in [4.69, 9.17) is 24.1 Å². The third kappa shape index (κ3) is 6.45. The molecule has 14 nitrogen and oxygen atoms in total. The summed E-state index contributed by atoms with van der Waals surface area (Å²) in [6.07, 6.45) is -4.65. The number of hydrogen-bond acceptors (Lipinski definition) is 13. The molecule has 0 aromatic heterocycles. The van der Waals surface area contributed by atoms with Crippen LogP contribution in [0, 0.1) is 0 Å². The Morgan fingerprint density at radius 1 is 1.02 bits per heavy atom. The first-order valence-corrected chi connectivity index (χ1v) is 13.6. The van der Waals surface area contributed by atoms with E-state index in [9.17, 15) is 45.0 Å². The molecular formula is C30H30O14. The maximum absolute atomic E-state index is 13.6. The average Bonchev–Trinajstić information content (AvgIpc) is 3.26. The number of benzene rings is 1. The molecule has 5 rings (SSSR count). The Morgan fingerprint density at radius 2 is 1.80 bits per heavy atom. The van der Waals surface area contributed by atoms with E-state index in [0.29, 0.717) is 11.1 Å². The zero-order valence-electron chi connectivity index (χ0n) is 23.0. The van der Waals surface area contributed by atoms with Crippen LogP contribution in [0.5, 0.6) is 11.5 Å². The van der Waals surface area contributed by atoms with Crippen LogP contribution in [-0.4, -0.2) is 104 Å². The molecule has 7 N–H and O–H groups in total. The lowest BCUT2D eigenvalue weighted by molar-refractivity contribution is -0.285. The van der Waals surface area contributed by atoms with Crippen molar-refractivity contribution in [1.82, 2.24) is 0 Å². The lowest BCUT2D eigenvalue weighted by atomic mass is 9.96. The van der Waals surface area contributed by atoms with Crippen molar-refractivity contribution in [1.29, 1.82) is 0 Å². The lowest BCUT2D eigenvalue weighted by Gasteiger charge is -2.37. The molecular weight excluding hydrogens is 584 g/mol. The molecule has 0 saturated carbocycles. The van der Waals surface area contributed by atoms with Crippen molar-refractivity contribution in [3.05, 3.63) is 75.2 Å². The van der Waals surface area contributed by atoms with Crippen LogP contribution in [0.2, 0.25) is 0 Å². The van der Waals surface area contributed by atoms with Crippen LogP contribution >= 0.6 is 0 Å². The number of phenols is 1. The predicted molar refractivity (Wildman–Crippen MR) is 150 cm³/mol. The van der Waals surface area contributed by atoms with Gasteiger partial charge in [-0.3, -0.25) is 4.79 Å². The van der Waals surface area contributed by atoms with Gasteiger partial charge in [0.25, 0.3) is 0 Å². The van der Waals surface area contributed by atoms with Gasteiger partial charge in [-0.1, -0.05) is 18.2 Å². The summed E-state index contributed by atoms with van der Waals surface area (Å²) in [5.41, 5.74) is 0.286. The van der Waals surface area contributed by atoms with E-state index in [1.54, 1.807) is 6.07 Å². The van der Waals surface area contributed by atoms with Crippen LogP contribution in [0.1, 0.15) is 17.5 Å². The molecule has 14 heteroatoms. The Bertz CT molecular complexity index is 1610. The fourth-order valence-corrected chi connectivity index (χ4v) is 5.21. The van der Waals surface area contributed by atoms with Crippen LogP contribution in [-0.2, 0) is 30.2 Å². The summed E-state index contributed by atoms with van der Waals surface area (Å²) in [5, 5.41) is 70.3. The Hall–Kier alpha value is -4.31. The maximum atomic E-state index is 13.6. The van der Waals surface area contributed by atoms with E-state index in [1.165, 1.54) is 30.4 Å². The number of rotatable bonds is 9. The summed E-state index contributed by atoms with van der Waals surface area (Å²) in [4.78, 5) is 36.2. The van der Waals surface area contributed by atoms with E-state index in [2.05, 4.69) is 0 Å². The number of esters is 1. The molecule has 0 amide bonds. The van der Waals surface area contributed by atoms with Crippen molar-refractivity contribution in [2.24, 2.45) is 0 Å². The SMILES string of the molecule is O=C(O)/C=C/c1ccc2cc(CCOC3CC4OC(=O)C=C4C=C3O)cc(OCC3OC(O)C(O)C(O)C3O)c(=O)c2c1O. The highest BCUT2D eigenvalue weighted by atomic mass is 16.6. The minimum absolute atomic E-state index is 0.0353. The van der Waals surface area contributed by atoms with Gasteiger partial charge in [0, 0.05) is 29.7 Å². The zero-order chi connectivity index (χ0) is 31.7. The van der Waals surface area contributed by atoms with Crippen molar-refractivity contribution >= 4 is 28.8 Å². The van der Waals surface area contributed by atoms with Gasteiger partial charge >= 0.3 is 11.9 Å². The second-order valence-corrected chi connectivity index (χ2v) is 10.5. The summed E-state index contributed by atoms with van der Waals surface area (Å²) in [5.74, 6) is -2.68. The Balaban J connectivity index is 1.43. The topological polar surface area (TPSA) is 230 Å². The van der Waals surface area contributed by atoms with E-state index >= 15 is 0 Å². The maximum Gasteiger partial charge on any atom is 0.331 e. The molecule has 7 unspecified atom stereocenters. The van der Waals surface area contributed by atoms with Gasteiger partial charge in [-0.15, -0.1) is 0 Å². The van der Waals surface area contributed by atoms with Gasteiger partial charge in [0.2, 0.25) is 5.43 Å². The first-order chi connectivity index (χ1) is 20.9. The Morgan fingerprint density at radius 3 is 2.55 bits per heavy atom. The highest BCUT2D eigenvalue weighted by Gasteiger charge is 2.43. The fraction of sp³-hybridized carbons (Fsp3) is 0.367. The molecule has 234 valence electrons. The predicted octanol–water partition coefficient (Wildman–Crippen LogP) is -0.193.